The summed E-state index contributed by atoms with van der Waals surface area (Å²) in [5.41, 5.74) is 7.10. The van der Waals surface area contributed by atoms with Gasteiger partial charge in [0, 0.05) is 12.7 Å². The smallest absolute Gasteiger partial charge is 0.339 e. The van der Waals surface area contributed by atoms with Crippen LogP contribution in [-0.2, 0) is 13.1 Å². The van der Waals surface area contributed by atoms with Gasteiger partial charge in [0.15, 0.2) is 0 Å². The van der Waals surface area contributed by atoms with Gasteiger partial charge in [0.25, 0.3) is 0 Å². The van der Waals surface area contributed by atoms with Crippen molar-refractivity contribution in [2.75, 3.05) is 0 Å². The number of aromatic nitrogens is 2. The summed E-state index contributed by atoms with van der Waals surface area (Å²) in [5, 5.41) is 13.1. The van der Waals surface area contributed by atoms with Crippen molar-refractivity contribution in [3.05, 3.63) is 53.3 Å². The third-order valence-electron chi connectivity index (χ3n) is 2.45. The molecule has 0 saturated heterocycles. The van der Waals surface area contributed by atoms with E-state index in [-0.39, 0.29) is 12.1 Å². The van der Waals surface area contributed by atoms with Crippen molar-refractivity contribution in [2.45, 2.75) is 13.1 Å². The number of benzene rings is 1. The van der Waals surface area contributed by atoms with Crippen molar-refractivity contribution in [3.8, 4) is 0 Å². The molecule has 17 heavy (non-hydrogen) atoms. The summed E-state index contributed by atoms with van der Waals surface area (Å²) < 4.78 is 1.60. The highest BCUT2D eigenvalue weighted by Crippen LogP contribution is 2.08. The zero-order valence-corrected chi connectivity index (χ0v) is 9.21. The van der Waals surface area contributed by atoms with Crippen molar-refractivity contribution in [1.29, 1.82) is 0 Å². The Morgan fingerprint density at radius 3 is 2.59 bits per heavy atom. The molecule has 2 rings (SSSR count). The molecule has 5 heteroatoms. The zero-order valence-electron chi connectivity index (χ0n) is 9.21. The molecule has 0 atom stereocenters. The first-order valence-corrected chi connectivity index (χ1v) is 5.24. The standard InChI is InChI=1S/C12H13N3O2/c13-6-11-10(12(16)17)8-15(14-11)7-9-4-2-1-3-5-9/h1-5,8H,6-7,13H2,(H,16,17). The monoisotopic (exact) mass is 231 g/mol. The summed E-state index contributed by atoms with van der Waals surface area (Å²) in [6.45, 7) is 0.671. The zero-order chi connectivity index (χ0) is 12.3. The second-order valence-electron chi connectivity index (χ2n) is 3.68. The van der Waals surface area contributed by atoms with Gasteiger partial charge in [0.2, 0.25) is 0 Å². The third-order valence-corrected chi connectivity index (χ3v) is 2.45. The van der Waals surface area contributed by atoms with E-state index < -0.39 is 5.97 Å². The first kappa shape index (κ1) is 11.3. The summed E-state index contributed by atoms with van der Waals surface area (Å²) in [4.78, 5) is 10.9. The van der Waals surface area contributed by atoms with Gasteiger partial charge in [-0.05, 0) is 5.56 Å². The van der Waals surface area contributed by atoms with Gasteiger partial charge >= 0.3 is 5.97 Å². The van der Waals surface area contributed by atoms with Gasteiger partial charge in [-0.3, -0.25) is 4.68 Å². The van der Waals surface area contributed by atoms with Crippen molar-refractivity contribution < 1.29 is 9.90 Å². The Morgan fingerprint density at radius 2 is 2.06 bits per heavy atom. The molecule has 0 fully saturated rings. The lowest BCUT2D eigenvalue weighted by molar-refractivity contribution is 0.0695. The first-order valence-electron chi connectivity index (χ1n) is 5.24. The quantitative estimate of drug-likeness (QED) is 0.825. The molecular weight excluding hydrogens is 218 g/mol. The van der Waals surface area contributed by atoms with Gasteiger partial charge in [-0.1, -0.05) is 30.3 Å². The molecule has 0 amide bonds. The van der Waals surface area contributed by atoms with E-state index in [4.69, 9.17) is 10.8 Å². The topological polar surface area (TPSA) is 81.1 Å². The van der Waals surface area contributed by atoms with Crippen LogP contribution in [0.15, 0.2) is 36.5 Å². The van der Waals surface area contributed by atoms with E-state index in [9.17, 15) is 4.79 Å². The first-order chi connectivity index (χ1) is 8.20. The molecule has 0 aliphatic rings. The van der Waals surface area contributed by atoms with E-state index in [1.807, 2.05) is 30.3 Å². The van der Waals surface area contributed by atoms with Gasteiger partial charge in [0.05, 0.1) is 12.2 Å². The Morgan fingerprint density at radius 1 is 1.35 bits per heavy atom. The molecule has 1 heterocycles. The number of carboxylic acids is 1. The molecule has 5 nitrogen and oxygen atoms in total. The van der Waals surface area contributed by atoms with Crippen LogP contribution in [-0.4, -0.2) is 20.9 Å². The van der Waals surface area contributed by atoms with E-state index in [1.165, 1.54) is 6.20 Å². The van der Waals surface area contributed by atoms with E-state index in [1.54, 1.807) is 4.68 Å². The third kappa shape index (κ3) is 2.51. The molecule has 1 aromatic heterocycles. The molecule has 1 aromatic carbocycles. The molecule has 0 saturated carbocycles. The van der Waals surface area contributed by atoms with Gasteiger partial charge in [-0.15, -0.1) is 0 Å². The van der Waals surface area contributed by atoms with E-state index >= 15 is 0 Å². The highest BCUT2D eigenvalue weighted by molar-refractivity contribution is 5.88. The molecule has 0 bridgehead atoms. The van der Waals surface area contributed by atoms with Crippen LogP contribution in [0, 0.1) is 0 Å². The minimum Gasteiger partial charge on any atom is -0.478 e. The normalized spacial score (nSPS) is 10.4. The number of nitrogens with two attached hydrogens (primary N) is 1. The number of carbonyl (C=O) groups is 1. The minimum absolute atomic E-state index is 0.128. The SMILES string of the molecule is NCc1nn(Cc2ccccc2)cc1C(=O)O. The number of hydrogen-bond acceptors (Lipinski definition) is 3. The molecule has 0 radical (unpaired) electrons. The number of carboxylic acid groups (broad SMARTS) is 1. The Balaban J connectivity index is 2.26. The summed E-state index contributed by atoms with van der Waals surface area (Å²) in [6.07, 6.45) is 1.51. The highest BCUT2D eigenvalue weighted by Gasteiger charge is 2.13. The fraction of sp³-hybridized carbons (Fsp3) is 0.167. The van der Waals surface area contributed by atoms with Crippen LogP contribution in [0.1, 0.15) is 21.6 Å². The van der Waals surface area contributed by atoms with Crippen LogP contribution in [0.4, 0.5) is 0 Å². The molecule has 0 aliphatic heterocycles. The fourth-order valence-corrected chi connectivity index (χ4v) is 1.64. The lowest BCUT2D eigenvalue weighted by Gasteiger charge is -2.00. The number of rotatable bonds is 4. The summed E-state index contributed by atoms with van der Waals surface area (Å²) >= 11 is 0. The fourth-order valence-electron chi connectivity index (χ4n) is 1.64. The highest BCUT2D eigenvalue weighted by atomic mass is 16.4. The predicted molar refractivity (Wildman–Crippen MR) is 62.6 cm³/mol. The van der Waals surface area contributed by atoms with Crippen LogP contribution in [0.3, 0.4) is 0 Å². The maximum atomic E-state index is 10.9. The Hall–Kier alpha value is -2.14. The number of hydrogen-bond donors (Lipinski definition) is 2. The van der Waals surface area contributed by atoms with Gasteiger partial charge < -0.3 is 10.8 Å². The van der Waals surface area contributed by atoms with Gasteiger partial charge in [-0.2, -0.15) is 5.10 Å². The summed E-state index contributed by atoms with van der Waals surface area (Å²) in [7, 11) is 0. The van der Waals surface area contributed by atoms with Crippen molar-refractivity contribution in [3.63, 3.8) is 0 Å². The maximum absolute atomic E-state index is 10.9. The largest absolute Gasteiger partial charge is 0.478 e. The molecule has 3 N–H and O–H groups in total. The van der Waals surface area contributed by atoms with Crippen molar-refractivity contribution in [1.82, 2.24) is 9.78 Å². The molecular formula is C12H13N3O2. The summed E-state index contributed by atoms with van der Waals surface area (Å²) in [5.74, 6) is -0.996. The second-order valence-corrected chi connectivity index (χ2v) is 3.68. The maximum Gasteiger partial charge on any atom is 0.339 e. The predicted octanol–water partition coefficient (Wildman–Crippen LogP) is 1.09. The molecule has 0 aliphatic carbocycles. The van der Waals surface area contributed by atoms with Gasteiger partial charge in [-0.25, -0.2) is 4.79 Å². The lowest BCUT2D eigenvalue weighted by Crippen LogP contribution is -2.05. The lowest BCUT2D eigenvalue weighted by atomic mass is 10.2. The molecule has 88 valence electrons. The van der Waals surface area contributed by atoms with Crippen LogP contribution in [0.2, 0.25) is 0 Å². The molecule has 2 aromatic rings. The van der Waals surface area contributed by atoms with Crippen molar-refractivity contribution >= 4 is 5.97 Å². The van der Waals surface area contributed by atoms with Crippen LogP contribution >= 0.6 is 0 Å². The van der Waals surface area contributed by atoms with Crippen LogP contribution in [0.5, 0.6) is 0 Å². The van der Waals surface area contributed by atoms with E-state index in [2.05, 4.69) is 5.10 Å². The van der Waals surface area contributed by atoms with E-state index in [0.717, 1.165) is 5.56 Å². The average molecular weight is 231 g/mol. The minimum atomic E-state index is -0.996. The molecule has 0 unspecified atom stereocenters. The Bertz CT molecular complexity index is 520. The van der Waals surface area contributed by atoms with Crippen molar-refractivity contribution in [2.24, 2.45) is 5.73 Å². The number of nitrogens with zero attached hydrogens (tertiary/aromatic N) is 2. The van der Waals surface area contributed by atoms with Crippen LogP contribution in [0.25, 0.3) is 0 Å². The van der Waals surface area contributed by atoms with Gasteiger partial charge in [0.1, 0.15) is 5.56 Å². The molecule has 0 spiro atoms. The Labute approximate surface area is 98.5 Å². The summed E-state index contributed by atoms with van der Waals surface area (Å²) in [6, 6.07) is 9.72. The second kappa shape index (κ2) is 4.80. The Kier molecular flexibility index (Phi) is 3.20. The van der Waals surface area contributed by atoms with E-state index in [0.29, 0.717) is 12.2 Å². The van der Waals surface area contributed by atoms with Crippen LogP contribution < -0.4 is 5.73 Å². The number of aromatic carboxylic acids is 1. The average Bonchev–Trinajstić information content (AvgIpc) is 2.73.